The molecule has 1 heterocycles. The fraction of sp³-hybridized carbons (Fsp3) is 0.318. The van der Waals surface area contributed by atoms with Crippen molar-refractivity contribution in [1.29, 1.82) is 0 Å². The molecule has 7 nitrogen and oxygen atoms in total. The van der Waals surface area contributed by atoms with Gasteiger partial charge in [0, 0.05) is 25.8 Å². The Morgan fingerprint density at radius 3 is 2.41 bits per heavy atom. The van der Waals surface area contributed by atoms with Crippen molar-refractivity contribution >= 4 is 23.5 Å². The van der Waals surface area contributed by atoms with Crippen LogP contribution in [0.25, 0.3) is 0 Å². The summed E-state index contributed by atoms with van der Waals surface area (Å²) in [6.45, 7) is 4.32. The minimum Gasteiger partial charge on any atom is -0.373 e. The average Bonchev–Trinajstić information content (AvgIpc) is 2.93. The monoisotopic (exact) mass is 394 g/mol. The van der Waals surface area contributed by atoms with Crippen molar-refractivity contribution < 1.29 is 14.4 Å². The molecule has 1 atom stereocenters. The quantitative estimate of drug-likeness (QED) is 0.704. The highest BCUT2D eigenvalue weighted by atomic mass is 16.2. The van der Waals surface area contributed by atoms with E-state index in [1.165, 1.54) is 0 Å². The molecule has 1 aliphatic rings. The third kappa shape index (κ3) is 4.39. The molecule has 1 fully saturated rings. The lowest BCUT2D eigenvalue weighted by molar-refractivity contribution is -0.134. The van der Waals surface area contributed by atoms with E-state index in [1.807, 2.05) is 73.5 Å². The Balaban J connectivity index is 1.55. The highest BCUT2D eigenvalue weighted by molar-refractivity contribution is 6.09. The predicted octanol–water partition coefficient (Wildman–Crippen LogP) is 2.01. The number of hydrogen-bond acceptors (Lipinski definition) is 4. The Morgan fingerprint density at radius 1 is 1.10 bits per heavy atom. The summed E-state index contributed by atoms with van der Waals surface area (Å²) < 4.78 is 0. The normalized spacial score (nSPS) is 18.5. The summed E-state index contributed by atoms with van der Waals surface area (Å²) in [7, 11) is 1.94. The molecule has 7 heteroatoms. The van der Waals surface area contributed by atoms with Crippen molar-refractivity contribution in [3.63, 3.8) is 0 Å². The Hall–Kier alpha value is -3.35. The van der Waals surface area contributed by atoms with E-state index >= 15 is 0 Å². The van der Waals surface area contributed by atoms with Crippen LogP contribution >= 0.6 is 0 Å². The molecule has 4 amide bonds. The average molecular weight is 394 g/mol. The van der Waals surface area contributed by atoms with Gasteiger partial charge in [-0.05, 0) is 31.5 Å². The second-order valence-electron chi connectivity index (χ2n) is 7.42. The van der Waals surface area contributed by atoms with Crippen molar-refractivity contribution in [3.05, 3.63) is 65.7 Å². The zero-order chi connectivity index (χ0) is 21.0. The Morgan fingerprint density at radius 2 is 1.76 bits per heavy atom. The van der Waals surface area contributed by atoms with Crippen LogP contribution in [0.1, 0.15) is 18.1 Å². The van der Waals surface area contributed by atoms with E-state index in [0.717, 1.165) is 16.2 Å². The van der Waals surface area contributed by atoms with E-state index in [9.17, 15) is 14.4 Å². The van der Waals surface area contributed by atoms with E-state index in [2.05, 4.69) is 10.6 Å². The summed E-state index contributed by atoms with van der Waals surface area (Å²) in [6, 6.07) is 16.7. The molecule has 29 heavy (non-hydrogen) atoms. The molecule has 1 aliphatic heterocycles. The molecule has 0 aromatic heterocycles. The van der Waals surface area contributed by atoms with Crippen LogP contribution in [0, 0.1) is 6.92 Å². The molecule has 0 bridgehead atoms. The summed E-state index contributed by atoms with van der Waals surface area (Å²) in [4.78, 5) is 40.5. The van der Waals surface area contributed by atoms with Gasteiger partial charge in [-0.2, -0.15) is 0 Å². The van der Waals surface area contributed by atoms with Crippen LogP contribution in [-0.4, -0.2) is 49.4 Å². The van der Waals surface area contributed by atoms with Crippen LogP contribution in [0.2, 0.25) is 0 Å². The lowest BCUT2D eigenvalue weighted by Crippen LogP contribution is -2.44. The lowest BCUT2D eigenvalue weighted by atomic mass is 9.91. The van der Waals surface area contributed by atoms with Gasteiger partial charge in [0.25, 0.3) is 5.91 Å². The highest BCUT2D eigenvalue weighted by Crippen LogP contribution is 2.28. The number of rotatable bonds is 7. The van der Waals surface area contributed by atoms with Gasteiger partial charge in [0.2, 0.25) is 5.91 Å². The fourth-order valence-corrected chi connectivity index (χ4v) is 3.30. The Labute approximate surface area is 170 Å². The number of nitrogens with one attached hydrogen (secondary N) is 2. The molecule has 1 saturated heterocycles. The molecule has 2 aromatic rings. The van der Waals surface area contributed by atoms with Crippen LogP contribution in [0.5, 0.6) is 0 Å². The van der Waals surface area contributed by atoms with Gasteiger partial charge in [0.1, 0.15) is 12.1 Å². The number of likely N-dealkylation sites (N-methyl/N-ethyl adjacent to an activating group) is 1. The van der Waals surface area contributed by atoms with E-state index < -0.39 is 17.5 Å². The maximum absolute atomic E-state index is 12.9. The van der Waals surface area contributed by atoms with Crippen LogP contribution in [0.4, 0.5) is 10.5 Å². The number of carbonyl (C=O) groups excluding carboxylic acids is 3. The number of imide groups is 1. The molecular weight excluding hydrogens is 368 g/mol. The third-order valence-electron chi connectivity index (χ3n) is 5.17. The molecule has 0 saturated carbocycles. The summed E-state index contributed by atoms with van der Waals surface area (Å²) in [5.74, 6) is -0.800. The summed E-state index contributed by atoms with van der Waals surface area (Å²) in [6.07, 6.45) is 0. The van der Waals surface area contributed by atoms with Gasteiger partial charge in [-0.1, -0.05) is 48.0 Å². The highest BCUT2D eigenvalue weighted by Gasteiger charge is 2.49. The van der Waals surface area contributed by atoms with Crippen LogP contribution in [0.15, 0.2) is 54.6 Å². The number of benzene rings is 2. The lowest BCUT2D eigenvalue weighted by Gasteiger charge is -2.22. The molecular formula is C22H26N4O3. The van der Waals surface area contributed by atoms with Crippen molar-refractivity contribution in [2.45, 2.75) is 19.4 Å². The predicted molar refractivity (Wildman–Crippen MR) is 111 cm³/mol. The number of carbonyl (C=O) groups is 3. The maximum Gasteiger partial charge on any atom is 0.325 e. The van der Waals surface area contributed by atoms with Gasteiger partial charge in [-0.15, -0.1) is 0 Å². The molecule has 0 spiro atoms. The molecule has 2 aromatic carbocycles. The topological polar surface area (TPSA) is 81.8 Å². The fourth-order valence-electron chi connectivity index (χ4n) is 3.30. The van der Waals surface area contributed by atoms with E-state index in [4.69, 9.17) is 0 Å². The number of aryl methyl sites for hydroxylation is 1. The third-order valence-corrected chi connectivity index (χ3v) is 5.17. The number of para-hydroxylation sites is 1. The first-order chi connectivity index (χ1) is 13.8. The smallest absolute Gasteiger partial charge is 0.325 e. The van der Waals surface area contributed by atoms with Crippen molar-refractivity contribution in [2.24, 2.45) is 0 Å². The SMILES string of the molecule is Cc1ccc(C2(C)NC(=O)N(CC(=O)NCCN(C)c3ccccc3)C2=O)cc1. The van der Waals surface area contributed by atoms with Crippen LogP contribution < -0.4 is 15.5 Å². The van der Waals surface area contributed by atoms with E-state index in [-0.39, 0.29) is 12.5 Å². The Kier molecular flexibility index (Phi) is 5.87. The first kappa shape index (κ1) is 20.4. The largest absolute Gasteiger partial charge is 0.373 e. The minimum atomic E-state index is -1.17. The number of hydrogen-bond donors (Lipinski definition) is 2. The molecule has 0 aliphatic carbocycles. The van der Waals surface area contributed by atoms with Gasteiger partial charge in [0.05, 0.1) is 0 Å². The second kappa shape index (κ2) is 8.34. The minimum absolute atomic E-state index is 0.304. The van der Waals surface area contributed by atoms with Gasteiger partial charge in [-0.25, -0.2) is 4.79 Å². The first-order valence-corrected chi connectivity index (χ1v) is 9.55. The van der Waals surface area contributed by atoms with Crippen molar-refractivity contribution in [3.8, 4) is 0 Å². The Bertz CT molecular complexity index is 898. The maximum atomic E-state index is 12.9. The molecule has 1 unspecified atom stereocenters. The van der Waals surface area contributed by atoms with Gasteiger partial charge >= 0.3 is 6.03 Å². The molecule has 0 radical (unpaired) electrons. The van der Waals surface area contributed by atoms with Gasteiger partial charge < -0.3 is 15.5 Å². The molecule has 2 N–H and O–H groups in total. The van der Waals surface area contributed by atoms with Crippen molar-refractivity contribution in [1.82, 2.24) is 15.5 Å². The number of amides is 4. The second-order valence-corrected chi connectivity index (χ2v) is 7.42. The van der Waals surface area contributed by atoms with Crippen molar-refractivity contribution in [2.75, 3.05) is 31.6 Å². The van der Waals surface area contributed by atoms with Crippen LogP contribution in [0.3, 0.4) is 0 Å². The van der Waals surface area contributed by atoms with Gasteiger partial charge in [0.15, 0.2) is 0 Å². The number of anilines is 1. The summed E-state index contributed by atoms with van der Waals surface area (Å²) >= 11 is 0. The summed E-state index contributed by atoms with van der Waals surface area (Å²) in [5, 5.41) is 5.49. The zero-order valence-electron chi connectivity index (χ0n) is 16.9. The molecule has 152 valence electrons. The van der Waals surface area contributed by atoms with Gasteiger partial charge in [-0.3, -0.25) is 14.5 Å². The summed E-state index contributed by atoms with van der Waals surface area (Å²) in [5.41, 5.74) is 1.63. The van der Waals surface area contributed by atoms with Crippen LogP contribution in [-0.2, 0) is 15.1 Å². The molecule has 3 rings (SSSR count). The standard InChI is InChI=1S/C22H26N4O3/c1-16-9-11-17(12-10-16)22(2)20(28)26(21(29)24-22)15-19(27)23-13-14-25(3)18-7-5-4-6-8-18/h4-12H,13-15H2,1-3H3,(H,23,27)(H,24,29). The van der Waals surface area contributed by atoms with E-state index in [1.54, 1.807) is 6.92 Å². The zero-order valence-corrected chi connectivity index (χ0v) is 16.9. The van der Waals surface area contributed by atoms with E-state index in [0.29, 0.717) is 18.7 Å². The number of urea groups is 1. The first-order valence-electron chi connectivity index (χ1n) is 9.55. The number of nitrogens with zero attached hydrogens (tertiary/aromatic N) is 2.